The first-order chi connectivity index (χ1) is 18.7. The summed E-state index contributed by atoms with van der Waals surface area (Å²) in [6.45, 7) is 1.98. The predicted molar refractivity (Wildman–Crippen MR) is 143 cm³/mol. The molecule has 1 aromatic carbocycles. The summed E-state index contributed by atoms with van der Waals surface area (Å²) in [5.74, 6) is 2.14. The minimum Gasteiger partial charge on any atom is -0.494 e. The molecule has 1 fully saturated rings. The van der Waals surface area contributed by atoms with Crippen molar-refractivity contribution in [2.24, 2.45) is 0 Å². The Kier molecular flexibility index (Phi) is 7.34. The molecule has 0 amide bonds. The number of ether oxygens (including phenoxy) is 2. The van der Waals surface area contributed by atoms with Crippen LogP contribution in [0, 0.1) is 6.92 Å². The number of aliphatic hydroxyl groups is 1. The molecular formula is C24H26ClN7O6S. The van der Waals surface area contributed by atoms with Crippen molar-refractivity contribution in [1.29, 1.82) is 0 Å². The number of rotatable bonds is 8. The quantitative estimate of drug-likeness (QED) is 0.318. The predicted octanol–water partition coefficient (Wildman–Crippen LogP) is 2.68. The fourth-order valence-corrected chi connectivity index (χ4v) is 5.93. The largest absolute Gasteiger partial charge is 0.494 e. The van der Waals surface area contributed by atoms with Crippen molar-refractivity contribution in [3.05, 3.63) is 53.5 Å². The molecule has 13 nitrogen and oxygen atoms in total. The zero-order valence-electron chi connectivity index (χ0n) is 21.3. The van der Waals surface area contributed by atoms with Crippen LogP contribution in [0.15, 0.2) is 47.1 Å². The fraction of sp³-hybridized carbons (Fsp3) is 0.333. The summed E-state index contributed by atoms with van der Waals surface area (Å²) in [6.07, 6.45) is 1.88. The molecule has 39 heavy (non-hydrogen) atoms. The third-order valence-corrected chi connectivity index (χ3v) is 8.08. The van der Waals surface area contributed by atoms with Gasteiger partial charge in [-0.3, -0.25) is 9.29 Å². The smallest absolute Gasteiger partial charge is 0.243 e. The zero-order valence-corrected chi connectivity index (χ0v) is 22.8. The topological polar surface area (TPSA) is 158 Å². The van der Waals surface area contributed by atoms with E-state index in [0.717, 1.165) is 0 Å². The number of benzene rings is 1. The van der Waals surface area contributed by atoms with Crippen molar-refractivity contribution < 1.29 is 27.4 Å². The van der Waals surface area contributed by atoms with Crippen molar-refractivity contribution >= 4 is 33.5 Å². The summed E-state index contributed by atoms with van der Waals surface area (Å²) in [7, 11) is -1.15. The van der Waals surface area contributed by atoms with Crippen LogP contribution in [0.4, 0.5) is 11.9 Å². The van der Waals surface area contributed by atoms with Crippen molar-refractivity contribution in [2.75, 3.05) is 36.9 Å². The molecule has 0 bridgehead atoms. The lowest BCUT2D eigenvalue weighted by Crippen LogP contribution is -2.50. The summed E-state index contributed by atoms with van der Waals surface area (Å²) >= 11 is 5.89. The number of hydrogen-bond acceptors (Lipinski definition) is 11. The van der Waals surface area contributed by atoms with Gasteiger partial charge in [0.1, 0.15) is 28.2 Å². The maximum Gasteiger partial charge on any atom is 0.243 e. The molecule has 0 spiro atoms. The second-order valence-corrected chi connectivity index (χ2v) is 11.3. The zero-order chi connectivity index (χ0) is 27.7. The molecule has 0 aliphatic carbocycles. The Labute approximate surface area is 229 Å². The maximum atomic E-state index is 13.7. The number of para-hydroxylation sites is 1. The van der Waals surface area contributed by atoms with Crippen molar-refractivity contribution in [3.63, 3.8) is 0 Å². The Balaban J connectivity index is 1.55. The van der Waals surface area contributed by atoms with Crippen molar-refractivity contribution in [2.45, 2.75) is 24.7 Å². The van der Waals surface area contributed by atoms with Gasteiger partial charge in [-0.25, -0.2) is 18.4 Å². The number of hydrogen-bond donors (Lipinski definition) is 2. The highest BCUT2D eigenvalue weighted by Gasteiger charge is 2.37. The van der Waals surface area contributed by atoms with Gasteiger partial charge < -0.3 is 23.9 Å². The van der Waals surface area contributed by atoms with Gasteiger partial charge in [0.2, 0.25) is 27.7 Å². The number of β-amino-alcohol motifs (C(OH)–C–C–N with tert-alkyl or cyclic N) is 1. The third-order valence-electron chi connectivity index (χ3n) is 6.20. The third kappa shape index (κ3) is 5.35. The average Bonchev–Trinajstić information content (AvgIpc) is 3.53. The summed E-state index contributed by atoms with van der Waals surface area (Å²) in [4.78, 5) is 9.92. The number of aromatic nitrogens is 5. The van der Waals surface area contributed by atoms with Crippen molar-refractivity contribution in [3.8, 4) is 28.8 Å². The van der Waals surface area contributed by atoms with Crippen LogP contribution in [0.25, 0.3) is 17.3 Å². The second kappa shape index (κ2) is 10.7. The molecule has 4 heterocycles. The number of furan rings is 1. The van der Waals surface area contributed by atoms with E-state index >= 15 is 0 Å². The highest BCUT2D eigenvalue weighted by molar-refractivity contribution is 7.93. The fourth-order valence-electron chi connectivity index (χ4n) is 4.42. The first-order valence-electron chi connectivity index (χ1n) is 11.9. The van der Waals surface area contributed by atoms with Crippen LogP contribution in [-0.4, -0.2) is 76.9 Å². The van der Waals surface area contributed by atoms with Gasteiger partial charge in [-0.05, 0) is 37.6 Å². The Bertz CT molecular complexity index is 1550. The van der Waals surface area contributed by atoms with E-state index in [1.54, 1.807) is 42.2 Å². The summed E-state index contributed by atoms with van der Waals surface area (Å²) in [5, 5.41) is 18.2. The minimum atomic E-state index is -4.12. The number of sulfonamides is 1. The molecule has 15 heteroatoms. The van der Waals surface area contributed by atoms with E-state index < -0.39 is 21.4 Å². The molecule has 206 valence electrons. The van der Waals surface area contributed by atoms with E-state index in [2.05, 4.69) is 24.9 Å². The molecule has 0 saturated carbocycles. The van der Waals surface area contributed by atoms with Gasteiger partial charge in [0.25, 0.3) is 0 Å². The van der Waals surface area contributed by atoms with Gasteiger partial charge in [0.15, 0.2) is 5.76 Å². The van der Waals surface area contributed by atoms with E-state index in [0.29, 0.717) is 33.7 Å². The van der Waals surface area contributed by atoms with Crippen LogP contribution in [0.5, 0.6) is 11.5 Å². The summed E-state index contributed by atoms with van der Waals surface area (Å²) in [5.41, 5.74) is 0.370. The van der Waals surface area contributed by atoms with Gasteiger partial charge >= 0.3 is 0 Å². The lowest BCUT2D eigenvalue weighted by Gasteiger charge is -2.35. The van der Waals surface area contributed by atoms with Gasteiger partial charge in [-0.15, -0.1) is 10.2 Å². The molecule has 5 rings (SSSR count). The van der Waals surface area contributed by atoms with Gasteiger partial charge in [-0.1, -0.05) is 17.7 Å². The van der Waals surface area contributed by atoms with E-state index in [4.69, 9.17) is 25.5 Å². The van der Waals surface area contributed by atoms with Gasteiger partial charge in [0, 0.05) is 13.1 Å². The number of nitrogens with one attached hydrogen (secondary N) is 1. The summed E-state index contributed by atoms with van der Waals surface area (Å²) < 4.78 is 48.3. The lowest BCUT2D eigenvalue weighted by molar-refractivity contribution is 0.154. The first kappa shape index (κ1) is 26.7. The number of nitrogens with zero attached hydrogens (tertiary/aromatic N) is 6. The second-order valence-electron chi connectivity index (χ2n) is 8.87. The minimum absolute atomic E-state index is 0.00419. The van der Waals surface area contributed by atoms with E-state index in [-0.39, 0.29) is 37.2 Å². The molecule has 4 aromatic rings. The molecule has 1 aliphatic heterocycles. The normalized spacial score (nSPS) is 17.7. The standard InChI is InChI=1S/C24H26ClN7O6S/c1-14-7-8-20(38-14)22-28-29-24(32(22)21-18(36-2)5-4-6-19(21)37-3)30-39(34,35)17-9-16(33)12-31(13-17)23-26-10-15(25)11-27-23/h4-8,10-11,16-17,33H,9,12-13H2,1-3H3,(H,29,30)/t16-,17+/m0/s1. The maximum absolute atomic E-state index is 13.7. The number of anilines is 2. The number of aryl methyl sites for hydroxylation is 1. The van der Waals surface area contributed by atoms with Gasteiger partial charge in [0.05, 0.1) is 37.7 Å². The van der Waals surface area contributed by atoms with E-state index in [9.17, 15) is 13.5 Å². The van der Waals surface area contributed by atoms with E-state index in [1.807, 2.05) is 0 Å². The molecule has 1 saturated heterocycles. The number of piperidine rings is 1. The molecule has 1 aliphatic rings. The summed E-state index contributed by atoms with van der Waals surface area (Å²) in [6, 6.07) is 8.61. The molecule has 0 unspecified atom stereocenters. The highest BCUT2D eigenvalue weighted by atomic mass is 35.5. The first-order valence-corrected chi connectivity index (χ1v) is 13.8. The van der Waals surface area contributed by atoms with Crippen LogP contribution in [0.2, 0.25) is 5.02 Å². The Morgan fingerprint density at radius 3 is 2.38 bits per heavy atom. The van der Waals surface area contributed by atoms with Crippen molar-refractivity contribution in [1.82, 2.24) is 24.7 Å². The lowest BCUT2D eigenvalue weighted by atomic mass is 10.1. The molecule has 3 aromatic heterocycles. The Morgan fingerprint density at radius 2 is 1.77 bits per heavy atom. The van der Waals surface area contributed by atoms with Crippen LogP contribution >= 0.6 is 11.6 Å². The number of aliphatic hydroxyl groups excluding tert-OH is 1. The van der Waals surface area contributed by atoms with Crippen LogP contribution in [-0.2, 0) is 10.0 Å². The SMILES string of the molecule is COc1cccc(OC)c1-n1c(NS(=O)(=O)[C@@H]2C[C@H](O)CN(c3ncc(Cl)cn3)C2)nnc1-c1ccc(C)o1. The Hall–Kier alpha value is -3.88. The van der Waals surface area contributed by atoms with Gasteiger partial charge in [-0.2, -0.15) is 0 Å². The van der Waals surface area contributed by atoms with Crippen LogP contribution in [0.3, 0.4) is 0 Å². The monoisotopic (exact) mass is 575 g/mol. The highest BCUT2D eigenvalue weighted by Crippen LogP contribution is 2.38. The molecule has 0 radical (unpaired) electrons. The molecule has 2 atom stereocenters. The Morgan fingerprint density at radius 1 is 1.08 bits per heavy atom. The molecular weight excluding hydrogens is 550 g/mol. The van der Waals surface area contributed by atoms with Crippen LogP contribution < -0.4 is 19.1 Å². The van der Waals surface area contributed by atoms with E-state index in [1.165, 1.54) is 31.2 Å². The van der Waals surface area contributed by atoms with Crippen LogP contribution in [0.1, 0.15) is 12.2 Å². The molecule has 2 N–H and O–H groups in total. The number of methoxy groups -OCH3 is 2. The number of halogens is 1. The average molecular weight is 576 g/mol.